The molecular weight excluding hydrogens is 292 g/mol. The number of hydrogen-bond donors (Lipinski definition) is 2. The van der Waals surface area contributed by atoms with Crippen molar-refractivity contribution in [2.75, 3.05) is 12.4 Å². The Labute approximate surface area is 137 Å². The van der Waals surface area contributed by atoms with Gasteiger partial charge in [-0.25, -0.2) is 0 Å². The Bertz CT molecular complexity index is 545. The molecule has 126 valence electrons. The zero-order chi connectivity index (χ0) is 16.7. The van der Waals surface area contributed by atoms with Crippen LogP contribution in [0, 0.1) is 5.92 Å². The van der Waals surface area contributed by atoms with Gasteiger partial charge in [-0.3, -0.25) is 9.59 Å². The third kappa shape index (κ3) is 5.36. The molecule has 0 radical (unpaired) electrons. The Hall–Kier alpha value is -1.88. The van der Waals surface area contributed by atoms with Crippen molar-refractivity contribution in [1.29, 1.82) is 0 Å². The summed E-state index contributed by atoms with van der Waals surface area (Å²) in [6.07, 6.45) is 5.40. The molecule has 0 spiro atoms. The molecule has 2 N–H and O–H groups in total. The lowest BCUT2D eigenvalue weighted by molar-refractivity contribution is -0.136. The topological polar surface area (TPSA) is 67.4 Å². The van der Waals surface area contributed by atoms with Gasteiger partial charge >= 0.3 is 11.8 Å². The quantitative estimate of drug-likeness (QED) is 0.820. The molecule has 1 aromatic carbocycles. The van der Waals surface area contributed by atoms with Crippen LogP contribution in [0.5, 0.6) is 0 Å². The molecule has 0 aromatic heterocycles. The van der Waals surface area contributed by atoms with Gasteiger partial charge in [0.25, 0.3) is 0 Å². The summed E-state index contributed by atoms with van der Waals surface area (Å²) in [5.41, 5.74) is 1.55. The third-order valence-corrected chi connectivity index (χ3v) is 4.40. The van der Waals surface area contributed by atoms with E-state index in [4.69, 9.17) is 4.74 Å². The first kappa shape index (κ1) is 17.5. The number of anilines is 1. The van der Waals surface area contributed by atoms with E-state index >= 15 is 0 Å². The Morgan fingerprint density at radius 3 is 2.83 bits per heavy atom. The summed E-state index contributed by atoms with van der Waals surface area (Å²) in [5.74, 6) is -0.509. The lowest BCUT2D eigenvalue weighted by Gasteiger charge is -2.28. The third-order valence-electron chi connectivity index (χ3n) is 4.40. The first-order valence-electron chi connectivity index (χ1n) is 8.32. The van der Waals surface area contributed by atoms with Crippen molar-refractivity contribution >= 4 is 17.5 Å². The van der Waals surface area contributed by atoms with E-state index in [1.54, 1.807) is 13.2 Å². The van der Waals surface area contributed by atoms with E-state index < -0.39 is 11.8 Å². The lowest BCUT2D eigenvalue weighted by Crippen LogP contribution is -2.43. The zero-order valence-electron chi connectivity index (χ0n) is 13.9. The average Bonchev–Trinajstić information content (AvgIpc) is 2.55. The van der Waals surface area contributed by atoms with Crippen molar-refractivity contribution in [3.63, 3.8) is 0 Å². The minimum atomic E-state index is -0.613. The molecule has 0 heterocycles. The molecule has 1 aliphatic carbocycles. The predicted octanol–water partition coefficient (Wildman–Crippen LogP) is 2.86. The van der Waals surface area contributed by atoms with Crippen LogP contribution in [-0.4, -0.2) is 25.0 Å². The van der Waals surface area contributed by atoms with Gasteiger partial charge in [0.1, 0.15) is 0 Å². The Balaban J connectivity index is 1.87. The molecule has 2 amide bonds. The van der Waals surface area contributed by atoms with Gasteiger partial charge in [0.05, 0.1) is 6.61 Å². The number of methoxy groups -OCH3 is 1. The molecule has 5 nitrogen and oxygen atoms in total. The van der Waals surface area contributed by atoms with Crippen LogP contribution in [0.2, 0.25) is 0 Å². The number of benzene rings is 1. The second kappa shape index (κ2) is 8.67. The van der Waals surface area contributed by atoms with E-state index in [0.29, 0.717) is 18.2 Å². The van der Waals surface area contributed by atoms with Crippen molar-refractivity contribution in [3.05, 3.63) is 29.8 Å². The molecule has 2 rings (SSSR count). The average molecular weight is 318 g/mol. The van der Waals surface area contributed by atoms with Crippen molar-refractivity contribution in [2.24, 2.45) is 5.92 Å². The van der Waals surface area contributed by atoms with Crippen molar-refractivity contribution in [1.82, 2.24) is 5.32 Å². The summed E-state index contributed by atoms with van der Waals surface area (Å²) < 4.78 is 5.06. The minimum absolute atomic E-state index is 0.117. The van der Waals surface area contributed by atoms with Crippen LogP contribution >= 0.6 is 0 Å². The predicted molar refractivity (Wildman–Crippen MR) is 90.0 cm³/mol. The van der Waals surface area contributed by atoms with Crippen LogP contribution in [0.25, 0.3) is 0 Å². The Morgan fingerprint density at radius 2 is 2.09 bits per heavy atom. The van der Waals surface area contributed by atoms with Crippen LogP contribution in [0.3, 0.4) is 0 Å². The normalized spacial score (nSPS) is 20.8. The molecule has 5 heteroatoms. The maximum atomic E-state index is 12.1. The number of ether oxygens (including phenoxy) is 1. The van der Waals surface area contributed by atoms with Gasteiger partial charge in [-0.15, -0.1) is 0 Å². The van der Waals surface area contributed by atoms with Crippen LogP contribution < -0.4 is 10.6 Å². The Morgan fingerprint density at radius 1 is 1.26 bits per heavy atom. The van der Waals surface area contributed by atoms with E-state index in [9.17, 15) is 9.59 Å². The smallest absolute Gasteiger partial charge is 0.313 e. The number of rotatable bonds is 5. The van der Waals surface area contributed by atoms with Crippen molar-refractivity contribution < 1.29 is 14.3 Å². The number of amides is 2. The van der Waals surface area contributed by atoms with Crippen LogP contribution in [-0.2, 0) is 20.9 Å². The maximum absolute atomic E-state index is 12.1. The molecule has 0 aliphatic heterocycles. The van der Waals surface area contributed by atoms with Gasteiger partial charge in [-0.2, -0.15) is 0 Å². The van der Waals surface area contributed by atoms with Crippen LogP contribution in [0.1, 0.15) is 44.6 Å². The van der Waals surface area contributed by atoms with Gasteiger partial charge in [0.15, 0.2) is 0 Å². The SMILES string of the molecule is CC[C@H]1CCC[C@H](NC(=O)C(=O)Nc2cccc(COC)c2)C1. The number of carbonyl (C=O) groups is 2. The summed E-state index contributed by atoms with van der Waals surface area (Å²) in [6.45, 7) is 2.64. The monoisotopic (exact) mass is 318 g/mol. The highest BCUT2D eigenvalue weighted by Gasteiger charge is 2.24. The summed E-state index contributed by atoms with van der Waals surface area (Å²) in [7, 11) is 1.62. The van der Waals surface area contributed by atoms with E-state index in [1.165, 1.54) is 6.42 Å². The van der Waals surface area contributed by atoms with E-state index in [2.05, 4.69) is 17.6 Å². The van der Waals surface area contributed by atoms with Crippen LogP contribution in [0.15, 0.2) is 24.3 Å². The summed E-state index contributed by atoms with van der Waals surface area (Å²) >= 11 is 0. The standard InChI is InChI=1S/C18H26N2O3/c1-3-13-6-4-8-15(10-13)19-17(21)18(22)20-16-9-5-7-14(11-16)12-23-2/h5,7,9,11,13,15H,3-4,6,8,10,12H2,1-2H3,(H,19,21)(H,20,22)/t13-,15-/m0/s1. The largest absolute Gasteiger partial charge is 0.380 e. The second-order valence-electron chi connectivity index (χ2n) is 6.20. The summed E-state index contributed by atoms with van der Waals surface area (Å²) in [5, 5.41) is 5.52. The van der Waals surface area contributed by atoms with Crippen LogP contribution in [0.4, 0.5) is 5.69 Å². The molecule has 0 bridgehead atoms. The van der Waals surface area contributed by atoms with E-state index in [0.717, 1.165) is 31.2 Å². The Kier molecular flexibility index (Phi) is 6.59. The fourth-order valence-corrected chi connectivity index (χ4v) is 3.14. The highest BCUT2D eigenvalue weighted by molar-refractivity contribution is 6.39. The number of nitrogens with one attached hydrogen (secondary N) is 2. The molecule has 1 fully saturated rings. The molecular formula is C18H26N2O3. The molecule has 0 saturated heterocycles. The lowest BCUT2D eigenvalue weighted by atomic mass is 9.84. The minimum Gasteiger partial charge on any atom is -0.380 e. The second-order valence-corrected chi connectivity index (χ2v) is 6.20. The molecule has 1 saturated carbocycles. The fraction of sp³-hybridized carbons (Fsp3) is 0.556. The van der Waals surface area contributed by atoms with Crippen molar-refractivity contribution in [2.45, 2.75) is 51.7 Å². The first-order chi connectivity index (χ1) is 11.1. The van der Waals surface area contributed by atoms with E-state index in [1.807, 2.05) is 18.2 Å². The fourth-order valence-electron chi connectivity index (χ4n) is 3.14. The number of carbonyl (C=O) groups excluding carboxylic acids is 2. The van der Waals surface area contributed by atoms with E-state index in [-0.39, 0.29) is 6.04 Å². The van der Waals surface area contributed by atoms with Gasteiger partial charge < -0.3 is 15.4 Å². The zero-order valence-corrected chi connectivity index (χ0v) is 13.9. The van der Waals surface area contributed by atoms with Crippen molar-refractivity contribution in [3.8, 4) is 0 Å². The molecule has 2 atom stereocenters. The van der Waals surface area contributed by atoms with Gasteiger partial charge in [-0.1, -0.05) is 38.3 Å². The summed E-state index contributed by atoms with van der Waals surface area (Å²) in [6, 6.07) is 7.42. The first-order valence-corrected chi connectivity index (χ1v) is 8.32. The maximum Gasteiger partial charge on any atom is 0.313 e. The molecule has 1 aromatic rings. The number of hydrogen-bond acceptors (Lipinski definition) is 3. The van der Waals surface area contributed by atoms with Gasteiger partial charge in [0, 0.05) is 18.8 Å². The molecule has 23 heavy (non-hydrogen) atoms. The molecule has 0 unspecified atom stereocenters. The summed E-state index contributed by atoms with van der Waals surface area (Å²) in [4.78, 5) is 24.1. The van der Waals surface area contributed by atoms with Gasteiger partial charge in [-0.05, 0) is 36.5 Å². The highest BCUT2D eigenvalue weighted by Crippen LogP contribution is 2.26. The molecule has 1 aliphatic rings. The highest BCUT2D eigenvalue weighted by atomic mass is 16.5. The van der Waals surface area contributed by atoms with Gasteiger partial charge in [0.2, 0.25) is 0 Å².